The lowest BCUT2D eigenvalue weighted by molar-refractivity contribution is 0.0526. The van der Waals surface area contributed by atoms with E-state index in [1.165, 1.54) is 6.20 Å². The van der Waals surface area contributed by atoms with Crippen molar-refractivity contribution < 1.29 is 9.90 Å². The second-order valence-electron chi connectivity index (χ2n) is 4.73. The van der Waals surface area contributed by atoms with Gasteiger partial charge >= 0.3 is 0 Å². The second-order valence-corrected chi connectivity index (χ2v) is 5.54. The molecule has 7 heteroatoms. The summed E-state index contributed by atoms with van der Waals surface area (Å²) in [6.07, 6.45) is 4.84. The number of pyridine rings is 1. The molecule has 0 aliphatic carbocycles. The molecule has 1 amide bonds. The number of aryl methyl sites for hydroxylation is 1. The Bertz CT molecular complexity index is 624. The average Bonchev–Trinajstić information content (AvgIpc) is 2.83. The molecule has 20 heavy (non-hydrogen) atoms. The summed E-state index contributed by atoms with van der Waals surface area (Å²) in [5, 5.41) is 17.1. The van der Waals surface area contributed by atoms with E-state index in [0.717, 1.165) is 0 Å². The molecule has 2 rings (SSSR count). The van der Waals surface area contributed by atoms with Crippen molar-refractivity contribution in [1.82, 2.24) is 20.1 Å². The summed E-state index contributed by atoms with van der Waals surface area (Å²) in [6.45, 7) is 1.73. The Labute approximate surface area is 125 Å². The lowest BCUT2D eigenvalue weighted by Gasteiger charge is -2.22. The highest BCUT2D eigenvalue weighted by atomic mass is 79.9. The zero-order chi connectivity index (χ0) is 14.8. The van der Waals surface area contributed by atoms with E-state index in [1.807, 2.05) is 0 Å². The van der Waals surface area contributed by atoms with Crippen molar-refractivity contribution in [3.8, 4) is 0 Å². The van der Waals surface area contributed by atoms with E-state index in [9.17, 15) is 9.90 Å². The highest BCUT2D eigenvalue weighted by Crippen LogP contribution is 2.18. The first-order valence-electron chi connectivity index (χ1n) is 6.00. The maximum Gasteiger partial charge on any atom is 0.251 e. The van der Waals surface area contributed by atoms with Crippen LogP contribution in [0.4, 0.5) is 0 Å². The molecule has 0 bridgehead atoms. The van der Waals surface area contributed by atoms with Gasteiger partial charge < -0.3 is 10.4 Å². The van der Waals surface area contributed by atoms with Gasteiger partial charge in [0.25, 0.3) is 5.91 Å². The fourth-order valence-corrected chi connectivity index (χ4v) is 2.06. The number of amides is 1. The number of aromatic nitrogens is 3. The normalized spacial score (nSPS) is 13.8. The first-order chi connectivity index (χ1) is 9.38. The van der Waals surface area contributed by atoms with Crippen molar-refractivity contribution in [3.05, 3.63) is 46.5 Å². The van der Waals surface area contributed by atoms with Gasteiger partial charge in [0, 0.05) is 30.6 Å². The third kappa shape index (κ3) is 3.43. The zero-order valence-corrected chi connectivity index (χ0v) is 12.8. The van der Waals surface area contributed by atoms with Crippen LogP contribution in [0.2, 0.25) is 0 Å². The smallest absolute Gasteiger partial charge is 0.251 e. The molecule has 0 saturated carbocycles. The highest BCUT2D eigenvalue weighted by Gasteiger charge is 2.25. The van der Waals surface area contributed by atoms with Crippen LogP contribution < -0.4 is 5.32 Å². The molecule has 0 radical (unpaired) electrons. The summed E-state index contributed by atoms with van der Waals surface area (Å²) in [4.78, 5) is 15.9. The van der Waals surface area contributed by atoms with E-state index in [0.29, 0.717) is 15.7 Å². The standard InChI is InChI=1S/C13H15BrN4O2/c1-13(20,10-6-17-18(2)7-10)8-16-12(19)9-3-4-15-11(14)5-9/h3-7,20H,8H2,1-2H3,(H,16,19). The number of rotatable bonds is 4. The predicted octanol–water partition coefficient (Wildman–Crippen LogP) is 1.22. The summed E-state index contributed by atoms with van der Waals surface area (Å²) >= 11 is 3.21. The third-order valence-corrected chi connectivity index (χ3v) is 3.34. The van der Waals surface area contributed by atoms with Gasteiger partial charge in [-0.15, -0.1) is 0 Å². The minimum absolute atomic E-state index is 0.0947. The Morgan fingerprint density at radius 2 is 2.35 bits per heavy atom. The van der Waals surface area contributed by atoms with E-state index in [4.69, 9.17) is 0 Å². The highest BCUT2D eigenvalue weighted by molar-refractivity contribution is 9.10. The lowest BCUT2D eigenvalue weighted by Crippen LogP contribution is -2.38. The lowest BCUT2D eigenvalue weighted by atomic mass is 9.99. The van der Waals surface area contributed by atoms with Gasteiger partial charge in [-0.25, -0.2) is 4.98 Å². The van der Waals surface area contributed by atoms with E-state index in [1.54, 1.807) is 43.2 Å². The van der Waals surface area contributed by atoms with Gasteiger partial charge in [-0.1, -0.05) is 0 Å². The molecule has 1 unspecified atom stereocenters. The van der Waals surface area contributed by atoms with Crippen LogP contribution in [-0.2, 0) is 12.6 Å². The summed E-state index contributed by atoms with van der Waals surface area (Å²) in [6, 6.07) is 3.23. The minimum Gasteiger partial charge on any atom is -0.383 e. The molecule has 106 valence electrons. The Balaban J connectivity index is 2.03. The SMILES string of the molecule is Cn1cc(C(C)(O)CNC(=O)c2ccnc(Br)c2)cn1. The maximum absolute atomic E-state index is 12.0. The number of carbonyl (C=O) groups is 1. The number of hydrogen-bond acceptors (Lipinski definition) is 4. The van der Waals surface area contributed by atoms with Crippen LogP contribution >= 0.6 is 15.9 Å². The molecule has 0 aromatic carbocycles. The van der Waals surface area contributed by atoms with Crippen molar-refractivity contribution in [3.63, 3.8) is 0 Å². The maximum atomic E-state index is 12.0. The molecule has 2 aromatic rings. The fraction of sp³-hybridized carbons (Fsp3) is 0.308. The van der Waals surface area contributed by atoms with Crippen LogP contribution in [0.5, 0.6) is 0 Å². The van der Waals surface area contributed by atoms with Gasteiger partial charge in [-0.3, -0.25) is 9.48 Å². The van der Waals surface area contributed by atoms with Crippen molar-refractivity contribution in [1.29, 1.82) is 0 Å². The van der Waals surface area contributed by atoms with Crippen molar-refractivity contribution in [2.45, 2.75) is 12.5 Å². The number of hydrogen-bond donors (Lipinski definition) is 2. The van der Waals surface area contributed by atoms with Gasteiger partial charge in [-0.2, -0.15) is 5.10 Å². The summed E-state index contributed by atoms with van der Waals surface area (Å²) in [5.74, 6) is -0.266. The quantitative estimate of drug-likeness (QED) is 0.821. The molecule has 6 nitrogen and oxygen atoms in total. The van der Waals surface area contributed by atoms with E-state index < -0.39 is 5.60 Å². The number of nitrogens with one attached hydrogen (secondary N) is 1. The van der Waals surface area contributed by atoms with Crippen molar-refractivity contribution in [2.75, 3.05) is 6.54 Å². The molecule has 1 atom stereocenters. The molecular weight excluding hydrogens is 324 g/mol. The number of carbonyl (C=O) groups excluding carboxylic acids is 1. The topological polar surface area (TPSA) is 80.0 Å². The minimum atomic E-state index is -1.17. The number of nitrogens with zero attached hydrogens (tertiary/aromatic N) is 3. The Hall–Kier alpha value is -1.73. The van der Waals surface area contributed by atoms with Crippen LogP contribution in [0.15, 0.2) is 35.3 Å². The summed E-state index contributed by atoms with van der Waals surface area (Å²) in [5.41, 5.74) is -0.0427. The Morgan fingerprint density at radius 1 is 1.60 bits per heavy atom. The number of halogens is 1. The summed E-state index contributed by atoms with van der Waals surface area (Å²) < 4.78 is 2.19. The van der Waals surface area contributed by atoms with Crippen molar-refractivity contribution >= 4 is 21.8 Å². The second kappa shape index (κ2) is 5.72. The van der Waals surface area contributed by atoms with Gasteiger partial charge in [0.1, 0.15) is 10.2 Å². The molecule has 0 fully saturated rings. The molecule has 0 saturated heterocycles. The van der Waals surface area contributed by atoms with Crippen molar-refractivity contribution in [2.24, 2.45) is 7.05 Å². The average molecular weight is 339 g/mol. The molecule has 0 spiro atoms. The fourth-order valence-electron chi connectivity index (χ4n) is 1.70. The van der Waals surface area contributed by atoms with Crippen LogP contribution in [0, 0.1) is 0 Å². The van der Waals surface area contributed by atoms with E-state index in [2.05, 4.69) is 31.3 Å². The zero-order valence-electron chi connectivity index (χ0n) is 11.2. The van der Waals surface area contributed by atoms with Crippen LogP contribution in [-0.4, -0.2) is 32.3 Å². The molecule has 2 aromatic heterocycles. The summed E-state index contributed by atoms with van der Waals surface area (Å²) in [7, 11) is 1.77. The molecule has 2 heterocycles. The van der Waals surface area contributed by atoms with Crippen LogP contribution in [0.25, 0.3) is 0 Å². The predicted molar refractivity (Wildman–Crippen MR) is 77.0 cm³/mol. The van der Waals surface area contributed by atoms with Crippen LogP contribution in [0.1, 0.15) is 22.8 Å². The molecular formula is C13H15BrN4O2. The van der Waals surface area contributed by atoms with E-state index >= 15 is 0 Å². The van der Waals surface area contributed by atoms with Gasteiger partial charge in [-0.05, 0) is 35.0 Å². The van der Waals surface area contributed by atoms with Gasteiger partial charge in [0.05, 0.1) is 12.7 Å². The molecule has 0 aliphatic heterocycles. The van der Waals surface area contributed by atoms with E-state index in [-0.39, 0.29) is 12.5 Å². The molecule has 0 aliphatic rings. The van der Waals surface area contributed by atoms with Gasteiger partial charge in [0.2, 0.25) is 0 Å². The molecule has 2 N–H and O–H groups in total. The first kappa shape index (κ1) is 14.7. The monoisotopic (exact) mass is 338 g/mol. The van der Waals surface area contributed by atoms with Crippen LogP contribution in [0.3, 0.4) is 0 Å². The Morgan fingerprint density at radius 3 is 2.95 bits per heavy atom. The van der Waals surface area contributed by atoms with Gasteiger partial charge in [0.15, 0.2) is 0 Å². The Kier molecular flexibility index (Phi) is 4.20. The number of aliphatic hydroxyl groups is 1. The third-order valence-electron chi connectivity index (χ3n) is 2.91. The largest absolute Gasteiger partial charge is 0.383 e. The first-order valence-corrected chi connectivity index (χ1v) is 6.79.